The molecule has 2 aliphatic heterocycles. The molecule has 1 saturated heterocycles. The number of piperidine rings is 1. The summed E-state index contributed by atoms with van der Waals surface area (Å²) in [7, 11) is 0. The molecule has 5 heteroatoms. The highest BCUT2D eigenvalue weighted by molar-refractivity contribution is 5.76. The number of hydrogen-bond acceptors (Lipinski definition) is 3. The molecule has 0 bridgehead atoms. The lowest BCUT2D eigenvalue weighted by molar-refractivity contribution is -0.132. The predicted molar refractivity (Wildman–Crippen MR) is 109 cm³/mol. The van der Waals surface area contributed by atoms with Gasteiger partial charge in [-0.2, -0.15) is 0 Å². The normalized spacial score (nSPS) is 19.5. The minimum atomic E-state index is -0.230. The number of likely N-dealkylation sites (tertiary alicyclic amines) is 1. The monoisotopic (exact) mass is 381 g/mol. The van der Waals surface area contributed by atoms with Crippen molar-refractivity contribution in [1.29, 1.82) is 0 Å². The first-order valence-corrected chi connectivity index (χ1v) is 10.3. The van der Waals surface area contributed by atoms with Gasteiger partial charge in [0.25, 0.3) is 0 Å². The molecule has 2 aromatic carbocycles. The van der Waals surface area contributed by atoms with Gasteiger partial charge in [0, 0.05) is 44.3 Å². The van der Waals surface area contributed by atoms with Crippen molar-refractivity contribution in [3.8, 4) is 0 Å². The van der Waals surface area contributed by atoms with Crippen LogP contribution >= 0.6 is 0 Å². The summed E-state index contributed by atoms with van der Waals surface area (Å²) in [5, 5.41) is 3.44. The average Bonchev–Trinajstić information content (AvgIpc) is 3.13. The van der Waals surface area contributed by atoms with Gasteiger partial charge in [-0.25, -0.2) is 4.39 Å². The lowest BCUT2D eigenvalue weighted by Crippen LogP contribution is -2.45. The van der Waals surface area contributed by atoms with Crippen LogP contribution in [0.2, 0.25) is 0 Å². The Labute approximate surface area is 166 Å². The second-order valence-corrected chi connectivity index (χ2v) is 7.91. The highest BCUT2D eigenvalue weighted by atomic mass is 19.1. The first-order valence-electron chi connectivity index (χ1n) is 10.3. The molecule has 0 aromatic heterocycles. The van der Waals surface area contributed by atoms with Gasteiger partial charge in [-0.05, 0) is 61.2 Å². The van der Waals surface area contributed by atoms with Crippen LogP contribution < -0.4 is 5.32 Å². The van der Waals surface area contributed by atoms with Crippen molar-refractivity contribution in [2.75, 3.05) is 25.0 Å². The van der Waals surface area contributed by atoms with Crippen LogP contribution in [0.15, 0.2) is 48.5 Å². The molecule has 28 heavy (non-hydrogen) atoms. The van der Waals surface area contributed by atoms with E-state index < -0.39 is 0 Å². The standard InChI is InChI=1S/C23H28FN3O/c24-20-9-11-21(12-10-20)25-22-7-3-14-27(17-22)23(28)8-4-13-26-15-18-5-1-2-6-19(18)16-26/h1-2,5-6,9-12,22,25H,3-4,7-8,13-17H2/t22-/m1/s1. The molecular formula is C23H28FN3O. The molecule has 4 nitrogen and oxygen atoms in total. The third-order valence-corrected chi connectivity index (χ3v) is 5.76. The van der Waals surface area contributed by atoms with Gasteiger partial charge in [-0.15, -0.1) is 0 Å². The van der Waals surface area contributed by atoms with Crippen LogP contribution in [0.3, 0.4) is 0 Å². The zero-order valence-corrected chi connectivity index (χ0v) is 16.2. The number of rotatable bonds is 6. The zero-order chi connectivity index (χ0) is 19.3. The highest BCUT2D eigenvalue weighted by Crippen LogP contribution is 2.23. The Bertz CT molecular complexity index is 783. The van der Waals surface area contributed by atoms with Gasteiger partial charge in [-0.3, -0.25) is 9.69 Å². The van der Waals surface area contributed by atoms with Gasteiger partial charge < -0.3 is 10.2 Å². The van der Waals surface area contributed by atoms with Crippen molar-refractivity contribution in [2.24, 2.45) is 0 Å². The molecule has 1 N–H and O–H groups in total. The number of carbonyl (C=O) groups excluding carboxylic acids is 1. The highest BCUT2D eigenvalue weighted by Gasteiger charge is 2.24. The quantitative estimate of drug-likeness (QED) is 0.821. The van der Waals surface area contributed by atoms with Gasteiger partial charge >= 0.3 is 0 Å². The fraction of sp³-hybridized carbons (Fsp3) is 0.435. The van der Waals surface area contributed by atoms with Crippen LogP contribution in [0.1, 0.15) is 36.8 Å². The van der Waals surface area contributed by atoms with Gasteiger partial charge in [0.15, 0.2) is 0 Å². The summed E-state index contributed by atoms with van der Waals surface area (Å²) in [5.74, 6) is 0.0226. The molecule has 0 radical (unpaired) electrons. The Kier molecular flexibility index (Phi) is 5.91. The van der Waals surface area contributed by atoms with Crippen LogP contribution in [0, 0.1) is 5.82 Å². The lowest BCUT2D eigenvalue weighted by atomic mass is 10.0. The molecule has 1 atom stereocenters. The van der Waals surface area contributed by atoms with E-state index in [4.69, 9.17) is 0 Å². The molecule has 0 unspecified atom stereocenters. The Balaban J connectivity index is 1.21. The minimum Gasteiger partial charge on any atom is -0.381 e. The molecule has 2 aromatic rings. The van der Waals surface area contributed by atoms with Crippen LogP contribution in [0.25, 0.3) is 0 Å². The van der Waals surface area contributed by atoms with Crippen molar-refractivity contribution >= 4 is 11.6 Å². The molecule has 4 rings (SSSR count). The summed E-state index contributed by atoms with van der Waals surface area (Å²) in [6.45, 7) is 4.53. The number of fused-ring (bicyclic) bond motifs is 1. The maximum absolute atomic E-state index is 13.1. The molecule has 2 aliphatic rings. The molecule has 0 saturated carbocycles. The number of amides is 1. The summed E-state index contributed by atoms with van der Waals surface area (Å²) < 4.78 is 13.1. The molecule has 0 spiro atoms. The maximum atomic E-state index is 13.1. The Morgan fingerprint density at radius 2 is 1.79 bits per heavy atom. The second-order valence-electron chi connectivity index (χ2n) is 7.91. The number of anilines is 1. The number of nitrogens with zero attached hydrogens (tertiary/aromatic N) is 2. The number of carbonyl (C=O) groups is 1. The van der Waals surface area contributed by atoms with Crippen molar-refractivity contribution in [3.05, 3.63) is 65.5 Å². The summed E-state index contributed by atoms with van der Waals surface area (Å²) in [6, 6.07) is 15.3. The topological polar surface area (TPSA) is 35.6 Å². The zero-order valence-electron chi connectivity index (χ0n) is 16.2. The number of nitrogens with one attached hydrogen (secondary N) is 1. The first-order chi connectivity index (χ1) is 13.7. The summed E-state index contributed by atoms with van der Waals surface area (Å²) in [5.41, 5.74) is 3.74. The average molecular weight is 381 g/mol. The van der Waals surface area contributed by atoms with E-state index in [0.717, 1.165) is 57.7 Å². The van der Waals surface area contributed by atoms with Gasteiger partial charge in [0.2, 0.25) is 5.91 Å². The van der Waals surface area contributed by atoms with E-state index in [9.17, 15) is 9.18 Å². The summed E-state index contributed by atoms with van der Waals surface area (Å²) in [4.78, 5) is 17.1. The molecule has 2 heterocycles. The van der Waals surface area contributed by atoms with Crippen molar-refractivity contribution in [2.45, 2.75) is 44.8 Å². The van der Waals surface area contributed by atoms with Gasteiger partial charge in [0.05, 0.1) is 0 Å². The van der Waals surface area contributed by atoms with Gasteiger partial charge in [-0.1, -0.05) is 24.3 Å². The Morgan fingerprint density at radius 3 is 2.50 bits per heavy atom. The number of hydrogen-bond donors (Lipinski definition) is 1. The van der Waals surface area contributed by atoms with E-state index >= 15 is 0 Å². The first kappa shape index (κ1) is 18.9. The van der Waals surface area contributed by atoms with Crippen molar-refractivity contribution in [3.63, 3.8) is 0 Å². The van der Waals surface area contributed by atoms with Crippen LogP contribution in [0.5, 0.6) is 0 Å². The van der Waals surface area contributed by atoms with Gasteiger partial charge in [0.1, 0.15) is 5.82 Å². The maximum Gasteiger partial charge on any atom is 0.222 e. The van der Waals surface area contributed by atoms with E-state index in [2.05, 4.69) is 34.5 Å². The SMILES string of the molecule is O=C(CCCN1Cc2ccccc2C1)N1CCC[C@@H](Nc2ccc(F)cc2)C1. The molecule has 0 aliphatic carbocycles. The lowest BCUT2D eigenvalue weighted by Gasteiger charge is -2.34. The third kappa shape index (κ3) is 4.71. The predicted octanol–water partition coefficient (Wildman–Crippen LogP) is 4.02. The second kappa shape index (κ2) is 8.74. The van der Waals surface area contributed by atoms with Crippen molar-refractivity contribution in [1.82, 2.24) is 9.80 Å². The fourth-order valence-corrected chi connectivity index (χ4v) is 4.28. The number of halogens is 1. The van der Waals surface area contributed by atoms with Crippen molar-refractivity contribution < 1.29 is 9.18 Å². The molecule has 1 fully saturated rings. The van der Waals surface area contributed by atoms with E-state index in [1.54, 1.807) is 12.1 Å². The largest absolute Gasteiger partial charge is 0.381 e. The van der Waals surface area contributed by atoms with Crippen LogP contribution in [-0.2, 0) is 17.9 Å². The van der Waals surface area contributed by atoms with E-state index in [1.165, 1.54) is 23.3 Å². The smallest absolute Gasteiger partial charge is 0.222 e. The molecule has 148 valence electrons. The van der Waals surface area contributed by atoms with Crippen LogP contribution in [-0.4, -0.2) is 41.4 Å². The molecular weight excluding hydrogens is 353 g/mol. The minimum absolute atomic E-state index is 0.230. The van der Waals surface area contributed by atoms with E-state index in [1.807, 2.05) is 4.90 Å². The van der Waals surface area contributed by atoms with E-state index in [0.29, 0.717) is 6.42 Å². The summed E-state index contributed by atoms with van der Waals surface area (Å²) in [6.07, 6.45) is 3.55. The fourth-order valence-electron chi connectivity index (χ4n) is 4.28. The van der Waals surface area contributed by atoms with E-state index in [-0.39, 0.29) is 17.8 Å². The Morgan fingerprint density at radius 1 is 1.07 bits per heavy atom. The summed E-state index contributed by atoms with van der Waals surface area (Å²) >= 11 is 0. The van der Waals surface area contributed by atoms with Crippen LogP contribution in [0.4, 0.5) is 10.1 Å². The number of benzene rings is 2. The molecule has 1 amide bonds. The Hall–Kier alpha value is -2.40. The third-order valence-electron chi connectivity index (χ3n) is 5.76.